The van der Waals surface area contributed by atoms with E-state index in [9.17, 15) is 24.9 Å². The normalized spacial score (nSPS) is 29.4. The predicted octanol–water partition coefficient (Wildman–Crippen LogP) is 2.20. The van der Waals surface area contributed by atoms with Gasteiger partial charge in [0.2, 0.25) is 0 Å². The van der Waals surface area contributed by atoms with Crippen LogP contribution < -0.4 is 10.6 Å². The van der Waals surface area contributed by atoms with Crippen molar-refractivity contribution in [2.45, 2.75) is 55.2 Å². The van der Waals surface area contributed by atoms with E-state index < -0.39 is 41.3 Å². The third-order valence-corrected chi connectivity index (χ3v) is 9.75. The van der Waals surface area contributed by atoms with E-state index in [0.717, 1.165) is 0 Å². The molecule has 0 aromatic carbocycles. The molecular weight excluding hydrogens is 820 g/mol. The molecule has 5 N–H and O–H groups in total. The van der Waals surface area contributed by atoms with Gasteiger partial charge in [-0.3, -0.25) is 9.59 Å². The van der Waals surface area contributed by atoms with Gasteiger partial charge in [0, 0.05) is 25.9 Å². The second-order valence-electron chi connectivity index (χ2n) is 9.84. The summed E-state index contributed by atoms with van der Waals surface area (Å²) in [6, 6.07) is 0. The van der Waals surface area contributed by atoms with Gasteiger partial charge >= 0.3 is 0 Å². The number of carbonyl (C=O) groups excluding carboxylic acids is 2. The molecule has 230 valence electrons. The number of aliphatic hydroxyl groups excluding tert-OH is 3. The molecule has 5 unspecified atom stereocenters. The SMILES string of the molecule is COC1=C(Br)C(O)C2(C=C1Br)CC(C(=O)NCCCC(O)CNC(=O)C1=NOC3(C=C(Br)C(OC)=C(Br)C3O)C1)=NO2. The quantitative estimate of drug-likeness (QED) is 0.206. The Labute approximate surface area is 274 Å². The van der Waals surface area contributed by atoms with Crippen LogP contribution >= 0.6 is 63.7 Å². The van der Waals surface area contributed by atoms with Crippen molar-refractivity contribution in [3.05, 3.63) is 41.6 Å². The van der Waals surface area contributed by atoms with Gasteiger partial charge in [0.15, 0.2) is 11.2 Å². The molecule has 0 aromatic rings. The molecule has 13 nitrogen and oxygen atoms in total. The summed E-state index contributed by atoms with van der Waals surface area (Å²) < 4.78 is 12.3. The summed E-state index contributed by atoms with van der Waals surface area (Å²) in [4.78, 5) is 36.2. The molecule has 0 saturated heterocycles. The molecule has 0 bridgehead atoms. The van der Waals surface area contributed by atoms with Gasteiger partial charge in [0.1, 0.15) is 35.1 Å². The third-order valence-electron chi connectivity index (χ3n) is 6.99. The molecule has 0 saturated carbocycles. The first-order valence-corrected chi connectivity index (χ1v) is 15.8. The number of nitrogens with zero attached hydrogens (tertiary/aromatic N) is 2. The fourth-order valence-corrected chi connectivity index (χ4v) is 8.28. The maximum absolute atomic E-state index is 12.6. The Balaban J connectivity index is 1.17. The van der Waals surface area contributed by atoms with Crippen LogP contribution in [-0.4, -0.2) is 95.4 Å². The maximum Gasteiger partial charge on any atom is 0.269 e. The van der Waals surface area contributed by atoms with E-state index in [1.165, 1.54) is 14.2 Å². The van der Waals surface area contributed by atoms with Crippen LogP contribution in [0.15, 0.2) is 51.9 Å². The first kappa shape index (κ1) is 33.1. The first-order chi connectivity index (χ1) is 19.9. The van der Waals surface area contributed by atoms with Gasteiger partial charge in [-0.25, -0.2) is 0 Å². The predicted molar refractivity (Wildman–Crippen MR) is 165 cm³/mol. The first-order valence-electron chi connectivity index (χ1n) is 12.6. The fraction of sp³-hybridized carbons (Fsp3) is 0.520. The zero-order chi connectivity index (χ0) is 30.8. The van der Waals surface area contributed by atoms with Crippen molar-refractivity contribution in [2.75, 3.05) is 27.3 Å². The van der Waals surface area contributed by atoms with E-state index >= 15 is 0 Å². The Morgan fingerprint density at radius 2 is 1.38 bits per heavy atom. The Bertz CT molecular complexity index is 1330. The van der Waals surface area contributed by atoms with Crippen molar-refractivity contribution < 1.29 is 44.1 Å². The van der Waals surface area contributed by atoms with E-state index in [1.807, 2.05) is 0 Å². The van der Waals surface area contributed by atoms with Gasteiger partial charge in [-0.05, 0) is 88.7 Å². The number of ether oxygens (including phenoxy) is 2. The summed E-state index contributed by atoms with van der Waals surface area (Å²) >= 11 is 13.4. The number of halogens is 4. The highest BCUT2D eigenvalue weighted by molar-refractivity contribution is 9.12. The number of oxime groups is 2. The van der Waals surface area contributed by atoms with Crippen LogP contribution in [0, 0.1) is 0 Å². The zero-order valence-electron chi connectivity index (χ0n) is 22.3. The lowest BCUT2D eigenvalue weighted by molar-refractivity contribution is -0.115. The second kappa shape index (κ2) is 13.5. The van der Waals surface area contributed by atoms with Gasteiger partial charge in [-0.15, -0.1) is 0 Å². The average Bonchev–Trinajstić information content (AvgIpc) is 3.58. The molecule has 2 heterocycles. The van der Waals surface area contributed by atoms with Crippen LogP contribution in [0.1, 0.15) is 25.7 Å². The molecule has 2 amide bonds. The molecule has 17 heteroatoms. The monoisotopic (exact) mass is 844 g/mol. The van der Waals surface area contributed by atoms with Crippen molar-refractivity contribution in [1.82, 2.24) is 10.6 Å². The Hall–Kier alpha value is -1.76. The van der Waals surface area contributed by atoms with Crippen LogP contribution in [-0.2, 0) is 28.7 Å². The van der Waals surface area contributed by atoms with E-state index in [1.54, 1.807) is 12.2 Å². The van der Waals surface area contributed by atoms with Gasteiger partial charge in [-0.2, -0.15) is 0 Å². The standard InChI is InChI=1S/C25H28Br4N4O9/c1-39-18-12(26)6-24(20(35)16(18)28)8-14(32-41-24)22(37)30-5-3-4-11(34)10-31-23(38)15-9-25(42-33-15)7-13(27)19(40-2)17(29)21(25)36/h6-7,11,20-21,34-36H,3-5,8-10H2,1-2H3,(H,30,37)(H,31,38). The number of rotatable bonds is 10. The summed E-state index contributed by atoms with van der Waals surface area (Å²) in [5, 5.41) is 44.9. The Morgan fingerprint density at radius 1 is 0.929 bits per heavy atom. The lowest BCUT2D eigenvalue weighted by Gasteiger charge is -2.33. The van der Waals surface area contributed by atoms with Crippen molar-refractivity contribution >= 4 is 87.0 Å². The smallest absolute Gasteiger partial charge is 0.269 e. The molecule has 0 fully saturated rings. The molecule has 2 spiro atoms. The van der Waals surface area contributed by atoms with Gasteiger partial charge in [0.25, 0.3) is 11.8 Å². The Kier molecular flexibility index (Phi) is 10.6. The minimum Gasteiger partial charge on any atom is -0.495 e. The number of hydrogen-bond acceptors (Lipinski definition) is 11. The molecule has 42 heavy (non-hydrogen) atoms. The number of carbonyl (C=O) groups is 2. The Morgan fingerprint density at radius 3 is 1.83 bits per heavy atom. The third kappa shape index (κ3) is 6.51. The van der Waals surface area contributed by atoms with E-state index in [2.05, 4.69) is 84.7 Å². The van der Waals surface area contributed by atoms with Crippen LogP contribution in [0.5, 0.6) is 0 Å². The van der Waals surface area contributed by atoms with Crippen LogP contribution in [0.2, 0.25) is 0 Å². The summed E-state index contributed by atoms with van der Waals surface area (Å²) in [5.74, 6) is -0.172. The number of hydrogen-bond donors (Lipinski definition) is 5. The molecule has 4 rings (SSSR count). The molecule has 5 atom stereocenters. The zero-order valence-corrected chi connectivity index (χ0v) is 28.7. The van der Waals surface area contributed by atoms with E-state index in [-0.39, 0.29) is 43.8 Å². The number of nitrogens with one attached hydrogen (secondary N) is 2. The topological polar surface area (TPSA) is 181 Å². The lowest BCUT2D eigenvalue weighted by Crippen LogP contribution is -2.45. The van der Waals surface area contributed by atoms with Gasteiger partial charge < -0.3 is 45.1 Å². The van der Waals surface area contributed by atoms with Gasteiger partial charge in [0.05, 0.1) is 38.3 Å². The fourth-order valence-electron chi connectivity index (χ4n) is 4.69. The summed E-state index contributed by atoms with van der Waals surface area (Å²) in [6.07, 6.45) is 0.792. The van der Waals surface area contributed by atoms with Crippen LogP contribution in [0.3, 0.4) is 0 Å². The summed E-state index contributed by atoms with van der Waals surface area (Å²) in [7, 11) is 2.93. The van der Waals surface area contributed by atoms with Crippen molar-refractivity contribution in [2.24, 2.45) is 10.3 Å². The molecular formula is C25H28Br4N4O9. The van der Waals surface area contributed by atoms with Crippen molar-refractivity contribution in [1.29, 1.82) is 0 Å². The highest BCUT2D eigenvalue weighted by Crippen LogP contribution is 2.45. The number of amides is 2. The number of allylic oxidation sites excluding steroid dienone is 2. The molecule has 4 aliphatic rings. The molecule has 0 radical (unpaired) electrons. The largest absolute Gasteiger partial charge is 0.495 e. The minimum absolute atomic E-state index is 0.00274. The highest BCUT2D eigenvalue weighted by Gasteiger charge is 2.51. The minimum atomic E-state index is -1.28. The van der Waals surface area contributed by atoms with E-state index in [4.69, 9.17) is 19.1 Å². The van der Waals surface area contributed by atoms with E-state index in [0.29, 0.717) is 35.9 Å². The van der Waals surface area contributed by atoms with Crippen LogP contribution in [0.25, 0.3) is 0 Å². The average molecular weight is 848 g/mol. The summed E-state index contributed by atoms with van der Waals surface area (Å²) in [5.41, 5.74) is -2.35. The highest BCUT2D eigenvalue weighted by atomic mass is 79.9. The lowest BCUT2D eigenvalue weighted by atomic mass is 9.87. The summed E-state index contributed by atoms with van der Waals surface area (Å²) in [6.45, 7) is 0.190. The number of methoxy groups -OCH3 is 2. The van der Waals surface area contributed by atoms with Crippen molar-refractivity contribution in [3.63, 3.8) is 0 Å². The second-order valence-corrected chi connectivity index (χ2v) is 13.3. The number of aliphatic hydroxyl groups is 3. The van der Waals surface area contributed by atoms with Crippen LogP contribution in [0.4, 0.5) is 0 Å². The maximum atomic E-state index is 12.6. The molecule has 0 aromatic heterocycles. The molecule has 2 aliphatic heterocycles. The van der Waals surface area contributed by atoms with Crippen molar-refractivity contribution in [3.8, 4) is 0 Å². The molecule has 2 aliphatic carbocycles. The van der Waals surface area contributed by atoms with Gasteiger partial charge in [-0.1, -0.05) is 10.3 Å².